The Labute approximate surface area is 98.3 Å². The number of nitrogens with zero attached hydrogens (tertiary/aromatic N) is 4. The molecule has 2 heterocycles. The summed E-state index contributed by atoms with van der Waals surface area (Å²) in [6.07, 6.45) is 0. The molecule has 0 aromatic carbocycles. The fourth-order valence-electron chi connectivity index (χ4n) is 1.37. The molecule has 1 N–H and O–H groups in total. The largest absolute Gasteiger partial charge is 0.359 e. The number of nitrogens with one attached hydrogen (secondary N) is 1. The van der Waals surface area contributed by atoms with Gasteiger partial charge in [-0.15, -0.1) is 0 Å². The molecule has 0 unspecified atom stereocenters. The van der Waals surface area contributed by atoms with Crippen LogP contribution in [-0.4, -0.2) is 15.1 Å². The molecule has 0 amide bonds. The molecule has 86 valence electrons. The molecule has 0 radical (unpaired) electrons. The zero-order chi connectivity index (χ0) is 12.3. The molecule has 0 atom stereocenters. The van der Waals surface area contributed by atoms with Crippen LogP contribution in [0.15, 0.2) is 16.7 Å². The van der Waals surface area contributed by atoms with Crippen molar-refractivity contribution < 1.29 is 4.52 Å². The molecule has 6 nitrogen and oxygen atoms in total. The van der Waals surface area contributed by atoms with Gasteiger partial charge >= 0.3 is 0 Å². The molecule has 0 aliphatic heterocycles. The first-order valence-corrected chi connectivity index (χ1v) is 5.09. The van der Waals surface area contributed by atoms with E-state index in [0.29, 0.717) is 23.9 Å². The van der Waals surface area contributed by atoms with Crippen molar-refractivity contribution in [2.45, 2.75) is 20.4 Å². The van der Waals surface area contributed by atoms with Gasteiger partial charge in [-0.1, -0.05) is 5.16 Å². The maximum absolute atomic E-state index is 8.78. The molecule has 0 aliphatic rings. The van der Waals surface area contributed by atoms with E-state index in [0.717, 1.165) is 11.4 Å². The summed E-state index contributed by atoms with van der Waals surface area (Å²) < 4.78 is 5.04. The Morgan fingerprint density at radius 2 is 2.12 bits per heavy atom. The maximum Gasteiger partial charge on any atom is 0.224 e. The second-order valence-corrected chi connectivity index (χ2v) is 3.62. The first-order valence-electron chi connectivity index (χ1n) is 5.09. The van der Waals surface area contributed by atoms with Crippen LogP contribution >= 0.6 is 0 Å². The molecule has 0 spiro atoms. The minimum atomic E-state index is 0.341. The van der Waals surface area contributed by atoms with Crippen LogP contribution in [0.25, 0.3) is 0 Å². The van der Waals surface area contributed by atoms with Crippen LogP contribution in [0.5, 0.6) is 0 Å². The van der Waals surface area contributed by atoms with Gasteiger partial charge in [-0.3, -0.25) is 0 Å². The minimum Gasteiger partial charge on any atom is -0.359 e. The molecule has 0 aliphatic carbocycles. The van der Waals surface area contributed by atoms with E-state index in [1.165, 1.54) is 0 Å². The zero-order valence-corrected chi connectivity index (χ0v) is 9.56. The van der Waals surface area contributed by atoms with Crippen LogP contribution in [0.1, 0.15) is 22.8 Å². The molecule has 6 heteroatoms. The van der Waals surface area contributed by atoms with Crippen LogP contribution in [0.2, 0.25) is 0 Å². The molecule has 0 fully saturated rings. The molecule has 0 bridgehead atoms. The van der Waals surface area contributed by atoms with Gasteiger partial charge in [0.15, 0.2) is 5.76 Å². The van der Waals surface area contributed by atoms with Crippen LogP contribution in [0.3, 0.4) is 0 Å². The molecule has 2 rings (SSSR count). The van der Waals surface area contributed by atoms with E-state index in [1.54, 1.807) is 6.07 Å². The van der Waals surface area contributed by atoms with Gasteiger partial charge in [-0.25, -0.2) is 9.97 Å². The SMILES string of the molecule is Cc1cc(CNc2nc(C)cc(C#N)n2)on1. The van der Waals surface area contributed by atoms with Crippen molar-refractivity contribution in [3.8, 4) is 6.07 Å². The first-order chi connectivity index (χ1) is 8.17. The molecule has 0 saturated carbocycles. The fraction of sp³-hybridized carbons (Fsp3) is 0.273. The summed E-state index contributed by atoms with van der Waals surface area (Å²) in [5, 5.41) is 15.5. The van der Waals surface area contributed by atoms with Crippen LogP contribution in [0.4, 0.5) is 5.95 Å². The van der Waals surface area contributed by atoms with Gasteiger partial charge in [0, 0.05) is 11.8 Å². The third-order valence-electron chi connectivity index (χ3n) is 2.07. The van der Waals surface area contributed by atoms with Crippen LogP contribution < -0.4 is 5.32 Å². The van der Waals surface area contributed by atoms with Crippen molar-refractivity contribution >= 4 is 5.95 Å². The normalized spacial score (nSPS) is 9.94. The summed E-state index contributed by atoms with van der Waals surface area (Å²) >= 11 is 0. The van der Waals surface area contributed by atoms with Gasteiger partial charge in [0.05, 0.1) is 12.2 Å². The summed E-state index contributed by atoms with van der Waals surface area (Å²) in [6, 6.07) is 5.44. The predicted molar refractivity (Wildman–Crippen MR) is 60.1 cm³/mol. The third-order valence-corrected chi connectivity index (χ3v) is 2.07. The van der Waals surface area contributed by atoms with Gasteiger partial charge in [0.2, 0.25) is 5.95 Å². The van der Waals surface area contributed by atoms with Gasteiger partial charge in [0.25, 0.3) is 0 Å². The van der Waals surface area contributed by atoms with Crippen molar-refractivity contribution in [2.75, 3.05) is 5.32 Å². The van der Waals surface area contributed by atoms with E-state index in [2.05, 4.69) is 20.4 Å². The minimum absolute atomic E-state index is 0.341. The van der Waals surface area contributed by atoms with Crippen molar-refractivity contribution in [3.05, 3.63) is 35.0 Å². The third kappa shape index (κ3) is 2.78. The average molecular weight is 229 g/mol. The Balaban J connectivity index is 2.09. The lowest BCUT2D eigenvalue weighted by Gasteiger charge is -2.03. The van der Waals surface area contributed by atoms with Crippen molar-refractivity contribution in [2.24, 2.45) is 0 Å². The molecular formula is C11H11N5O. The monoisotopic (exact) mass is 229 g/mol. The summed E-state index contributed by atoms with van der Waals surface area (Å²) in [6.45, 7) is 4.10. The number of hydrogen-bond donors (Lipinski definition) is 1. The topological polar surface area (TPSA) is 87.6 Å². The van der Waals surface area contributed by atoms with E-state index in [9.17, 15) is 0 Å². The van der Waals surface area contributed by atoms with Gasteiger partial charge in [-0.2, -0.15) is 5.26 Å². The smallest absolute Gasteiger partial charge is 0.224 e. The van der Waals surface area contributed by atoms with E-state index in [-0.39, 0.29) is 0 Å². The Bertz CT molecular complexity index is 569. The Morgan fingerprint density at radius 3 is 2.76 bits per heavy atom. The Kier molecular flexibility index (Phi) is 3.01. The lowest BCUT2D eigenvalue weighted by molar-refractivity contribution is 0.384. The highest BCUT2D eigenvalue weighted by atomic mass is 16.5. The second kappa shape index (κ2) is 4.61. The number of anilines is 1. The highest BCUT2D eigenvalue weighted by molar-refractivity contribution is 5.33. The van der Waals surface area contributed by atoms with E-state index in [4.69, 9.17) is 9.78 Å². The number of aromatic nitrogens is 3. The second-order valence-electron chi connectivity index (χ2n) is 3.62. The highest BCUT2D eigenvalue weighted by Crippen LogP contribution is 2.07. The molecular weight excluding hydrogens is 218 g/mol. The molecule has 2 aromatic heterocycles. The summed E-state index contributed by atoms with van der Waals surface area (Å²) in [5.74, 6) is 1.11. The standard InChI is InChI=1S/C11H11N5O/c1-7-3-9(5-12)15-11(14-7)13-6-10-4-8(2)16-17-10/h3-4H,6H2,1-2H3,(H,13,14,15). The first kappa shape index (κ1) is 11.1. The molecule has 17 heavy (non-hydrogen) atoms. The van der Waals surface area contributed by atoms with Gasteiger partial charge < -0.3 is 9.84 Å². The van der Waals surface area contributed by atoms with Crippen molar-refractivity contribution in [1.29, 1.82) is 5.26 Å². The van der Waals surface area contributed by atoms with Crippen LogP contribution in [-0.2, 0) is 6.54 Å². The average Bonchev–Trinajstić information content (AvgIpc) is 2.72. The number of hydrogen-bond acceptors (Lipinski definition) is 6. The zero-order valence-electron chi connectivity index (χ0n) is 9.56. The molecule has 0 saturated heterocycles. The maximum atomic E-state index is 8.78. The highest BCUT2D eigenvalue weighted by Gasteiger charge is 2.04. The van der Waals surface area contributed by atoms with E-state index >= 15 is 0 Å². The Morgan fingerprint density at radius 1 is 1.29 bits per heavy atom. The van der Waals surface area contributed by atoms with E-state index < -0.39 is 0 Å². The quantitative estimate of drug-likeness (QED) is 0.859. The Hall–Kier alpha value is -2.42. The number of nitriles is 1. The number of rotatable bonds is 3. The van der Waals surface area contributed by atoms with Crippen LogP contribution in [0, 0.1) is 25.2 Å². The lowest BCUT2D eigenvalue weighted by atomic mass is 10.3. The number of aryl methyl sites for hydroxylation is 2. The summed E-state index contributed by atoms with van der Waals surface area (Å²) in [7, 11) is 0. The summed E-state index contributed by atoms with van der Waals surface area (Å²) in [4.78, 5) is 8.20. The van der Waals surface area contributed by atoms with Crippen molar-refractivity contribution in [3.63, 3.8) is 0 Å². The fourth-order valence-corrected chi connectivity index (χ4v) is 1.37. The lowest BCUT2D eigenvalue weighted by Crippen LogP contribution is -2.04. The van der Waals surface area contributed by atoms with E-state index in [1.807, 2.05) is 26.0 Å². The molecule has 2 aromatic rings. The van der Waals surface area contributed by atoms with Gasteiger partial charge in [-0.05, 0) is 19.9 Å². The predicted octanol–water partition coefficient (Wildman–Crippen LogP) is 1.57. The van der Waals surface area contributed by atoms with Gasteiger partial charge in [0.1, 0.15) is 11.8 Å². The van der Waals surface area contributed by atoms with Crippen molar-refractivity contribution in [1.82, 2.24) is 15.1 Å². The summed E-state index contributed by atoms with van der Waals surface area (Å²) in [5.41, 5.74) is 1.91.